The van der Waals surface area contributed by atoms with Gasteiger partial charge in [-0.15, -0.1) is 0 Å². The van der Waals surface area contributed by atoms with Crippen LogP contribution in [0.25, 0.3) is 16.7 Å². The number of likely N-dealkylation sites (tertiary alicyclic amines) is 1. The van der Waals surface area contributed by atoms with Gasteiger partial charge in [0.1, 0.15) is 11.8 Å². The maximum atomic E-state index is 12.8. The molecule has 0 spiro atoms. The average Bonchev–Trinajstić information content (AvgIpc) is 3.26. The summed E-state index contributed by atoms with van der Waals surface area (Å²) in [6.45, 7) is 0.483. The van der Waals surface area contributed by atoms with Crippen molar-refractivity contribution in [2.24, 2.45) is 0 Å². The number of hydrogen-bond donors (Lipinski definition) is 2. The van der Waals surface area contributed by atoms with E-state index in [4.69, 9.17) is 4.74 Å². The van der Waals surface area contributed by atoms with Crippen LogP contribution in [-0.2, 0) is 14.3 Å². The van der Waals surface area contributed by atoms with E-state index in [1.807, 2.05) is 24.3 Å². The minimum Gasteiger partial charge on any atom is -0.507 e. The Hall–Kier alpha value is -3.45. The van der Waals surface area contributed by atoms with Crippen LogP contribution in [0.5, 0.6) is 0 Å². The number of fused-ring (bicyclic) bond motifs is 1. The molecule has 4 rings (SSSR count). The molecule has 0 saturated carbocycles. The molecule has 28 heavy (non-hydrogen) atoms. The van der Waals surface area contributed by atoms with Crippen molar-refractivity contribution in [2.45, 2.75) is 6.04 Å². The maximum Gasteiger partial charge on any atom is 0.295 e. The summed E-state index contributed by atoms with van der Waals surface area (Å²) < 4.78 is 5.09. The molecule has 7 heteroatoms. The lowest BCUT2D eigenvalue weighted by molar-refractivity contribution is -0.140. The van der Waals surface area contributed by atoms with Crippen LogP contribution in [0.3, 0.4) is 0 Å². The van der Waals surface area contributed by atoms with Gasteiger partial charge in [-0.2, -0.15) is 0 Å². The smallest absolute Gasteiger partial charge is 0.295 e. The molecular weight excluding hydrogens is 358 g/mol. The number of aliphatic hydroxyl groups is 1. The van der Waals surface area contributed by atoms with Crippen LogP contribution < -0.4 is 0 Å². The number of aliphatic hydroxyl groups excluding tert-OH is 1. The molecule has 1 aliphatic heterocycles. The van der Waals surface area contributed by atoms with Crippen molar-refractivity contribution >= 4 is 28.4 Å². The number of para-hydroxylation sites is 1. The first-order valence-corrected chi connectivity index (χ1v) is 8.88. The van der Waals surface area contributed by atoms with Gasteiger partial charge < -0.3 is 19.7 Å². The van der Waals surface area contributed by atoms with Crippen LogP contribution in [0.2, 0.25) is 0 Å². The predicted octanol–water partition coefficient (Wildman–Crippen LogP) is 2.63. The molecule has 1 saturated heterocycles. The molecule has 0 aliphatic carbocycles. The fraction of sp³-hybridized carbons (Fsp3) is 0.190. The van der Waals surface area contributed by atoms with Gasteiger partial charge >= 0.3 is 0 Å². The Morgan fingerprint density at radius 2 is 2.00 bits per heavy atom. The second-order valence-corrected chi connectivity index (χ2v) is 6.49. The number of aromatic nitrogens is 2. The van der Waals surface area contributed by atoms with Gasteiger partial charge in [0, 0.05) is 42.5 Å². The highest BCUT2D eigenvalue weighted by molar-refractivity contribution is 6.46. The monoisotopic (exact) mass is 377 g/mol. The van der Waals surface area contributed by atoms with Gasteiger partial charge in [0.05, 0.1) is 17.9 Å². The van der Waals surface area contributed by atoms with Crippen LogP contribution in [-0.4, -0.2) is 51.9 Å². The standard InChI is InChI=1S/C21H19N3O4/c1-28-11-10-24-18(16-8-4-5-9-22-16)17(20(26)21(24)27)19(25)14-12-23-15-7-3-2-6-13(14)15/h2-9,12,18,23,25H,10-11H2,1H3/b19-17-. The molecule has 3 heterocycles. The molecule has 0 bridgehead atoms. The van der Waals surface area contributed by atoms with E-state index < -0.39 is 17.7 Å². The number of methoxy groups -OCH3 is 1. The van der Waals surface area contributed by atoms with E-state index in [1.165, 1.54) is 12.0 Å². The summed E-state index contributed by atoms with van der Waals surface area (Å²) >= 11 is 0. The van der Waals surface area contributed by atoms with Gasteiger partial charge in [0.25, 0.3) is 11.7 Å². The lowest BCUT2D eigenvalue weighted by Gasteiger charge is -2.24. The first kappa shape index (κ1) is 17.9. The molecule has 2 aromatic heterocycles. The van der Waals surface area contributed by atoms with Gasteiger partial charge in [0.2, 0.25) is 0 Å². The Morgan fingerprint density at radius 1 is 1.21 bits per heavy atom. The minimum absolute atomic E-state index is 0.0320. The number of carbonyl (C=O) groups is 2. The Kier molecular flexibility index (Phi) is 4.67. The summed E-state index contributed by atoms with van der Waals surface area (Å²) in [5.74, 6) is -1.62. The number of amides is 1. The number of carbonyl (C=O) groups excluding carboxylic acids is 2. The van der Waals surface area contributed by atoms with Crippen molar-refractivity contribution in [3.05, 3.63) is 71.7 Å². The summed E-state index contributed by atoms with van der Waals surface area (Å²) in [6, 6.07) is 11.9. The second kappa shape index (κ2) is 7.28. The molecular formula is C21H19N3O4. The number of ether oxygens (including phenoxy) is 1. The number of pyridine rings is 1. The van der Waals surface area contributed by atoms with Crippen LogP contribution in [0.4, 0.5) is 0 Å². The first-order valence-electron chi connectivity index (χ1n) is 8.88. The molecule has 1 unspecified atom stereocenters. The fourth-order valence-corrected chi connectivity index (χ4v) is 3.56. The molecule has 1 aliphatic rings. The maximum absolute atomic E-state index is 12.8. The number of H-pyrrole nitrogens is 1. The molecule has 1 aromatic carbocycles. The number of hydrogen-bond acceptors (Lipinski definition) is 5. The third-order valence-corrected chi connectivity index (χ3v) is 4.89. The van der Waals surface area contributed by atoms with Crippen molar-refractivity contribution in [3.8, 4) is 0 Å². The minimum atomic E-state index is -0.773. The zero-order chi connectivity index (χ0) is 19.7. The molecule has 1 amide bonds. The summed E-state index contributed by atoms with van der Waals surface area (Å²) in [4.78, 5) is 34.3. The summed E-state index contributed by atoms with van der Waals surface area (Å²) in [7, 11) is 1.53. The van der Waals surface area contributed by atoms with Gasteiger partial charge in [0.15, 0.2) is 0 Å². The second-order valence-electron chi connectivity index (χ2n) is 6.49. The highest BCUT2D eigenvalue weighted by atomic mass is 16.5. The lowest BCUT2D eigenvalue weighted by Crippen LogP contribution is -2.33. The zero-order valence-corrected chi connectivity index (χ0v) is 15.3. The average molecular weight is 377 g/mol. The first-order chi connectivity index (χ1) is 13.6. The van der Waals surface area contributed by atoms with E-state index in [-0.39, 0.29) is 24.5 Å². The van der Waals surface area contributed by atoms with E-state index in [0.29, 0.717) is 11.3 Å². The predicted molar refractivity (Wildman–Crippen MR) is 103 cm³/mol. The number of nitrogens with zero attached hydrogens (tertiary/aromatic N) is 2. The summed E-state index contributed by atoms with van der Waals surface area (Å²) in [5, 5.41) is 11.8. The Balaban J connectivity index is 1.90. The van der Waals surface area contributed by atoms with Crippen LogP contribution >= 0.6 is 0 Å². The molecule has 0 radical (unpaired) electrons. The highest BCUT2D eigenvalue weighted by Gasteiger charge is 2.46. The number of ketones is 1. The van der Waals surface area contributed by atoms with E-state index in [9.17, 15) is 14.7 Å². The Bertz CT molecular complexity index is 1070. The fourth-order valence-electron chi connectivity index (χ4n) is 3.56. The topological polar surface area (TPSA) is 95.5 Å². The number of rotatable bonds is 5. The van der Waals surface area contributed by atoms with Crippen molar-refractivity contribution in [2.75, 3.05) is 20.3 Å². The van der Waals surface area contributed by atoms with E-state index in [1.54, 1.807) is 30.6 Å². The quantitative estimate of drug-likeness (QED) is 0.405. The molecule has 7 nitrogen and oxygen atoms in total. The SMILES string of the molecule is COCCN1C(=O)C(=O)/C(=C(\O)c2c[nH]c3ccccc23)C1c1ccccn1. The third-order valence-electron chi connectivity index (χ3n) is 4.89. The van der Waals surface area contributed by atoms with Crippen molar-refractivity contribution in [1.29, 1.82) is 0 Å². The highest BCUT2D eigenvalue weighted by Crippen LogP contribution is 2.39. The van der Waals surface area contributed by atoms with Crippen LogP contribution in [0.1, 0.15) is 17.3 Å². The molecule has 1 atom stereocenters. The number of benzene rings is 1. The molecule has 2 N–H and O–H groups in total. The van der Waals surface area contributed by atoms with E-state index in [0.717, 1.165) is 10.9 Å². The summed E-state index contributed by atoms with van der Waals surface area (Å²) in [6.07, 6.45) is 3.23. The molecule has 142 valence electrons. The van der Waals surface area contributed by atoms with Gasteiger partial charge in [-0.25, -0.2) is 0 Å². The van der Waals surface area contributed by atoms with Crippen molar-refractivity contribution < 1.29 is 19.4 Å². The van der Waals surface area contributed by atoms with Crippen molar-refractivity contribution in [3.63, 3.8) is 0 Å². The largest absolute Gasteiger partial charge is 0.507 e. The zero-order valence-electron chi connectivity index (χ0n) is 15.3. The molecule has 1 fully saturated rings. The summed E-state index contributed by atoms with van der Waals surface area (Å²) in [5.41, 5.74) is 1.84. The van der Waals surface area contributed by atoms with Gasteiger partial charge in [-0.1, -0.05) is 24.3 Å². The van der Waals surface area contributed by atoms with Crippen molar-refractivity contribution in [1.82, 2.24) is 14.9 Å². The molecule has 3 aromatic rings. The van der Waals surface area contributed by atoms with Gasteiger partial charge in [-0.05, 0) is 18.2 Å². The Morgan fingerprint density at radius 3 is 2.75 bits per heavy atom. The van der Waals surface area contributed by atoms with E-state index >= 15 is 0 Å². The number of nitrogens with one attached hydrogen (secondary N) is 1. The van der Waals surface area contributed by atoms with E-state index in [2.05, 4.69) is 9.97 Å². The lowest BCUT2D eigenvalue weighted by atomic mass is 9.98. The number of Topliss-reactive ketones (excluding diaryl/α,β-unsaturated/α-hetero) is 1. The Labute approximate surface area is 161 Å². The van der Waals surface area contributed by atoms with Gasteiger partial charge in [-0.3, -0.25) is 14.6 Å². The van der Waals surface area contributed by atoms with Crippen LogP contribution in [0, 0.1) is 0 Å². The normalized spacial score (nSPS) is 18.9. The number of aromatic amines is 1. The third kappa shape index (κ3) is 2.86. The van der Waals surface area contributed by atoms with Crippen LogP contribution in [0.15, 0.2) is 60.4 Å².